The second kappa shape index (κ2) is 6.54. The second-order valence-electron chi connectivity index (χ2n) is 9.56. The number of nitrogens with zero attached hydrogens (tertiary/aromatic N) is 3. The average Bonchev–Trinajstić information content (AvgIpc) is 2.45. The van der Waals surface area contributed by atoms with Crippen molar-refractivity contribution in [3.8, 4) is 0 Å². The van der Waals surface area contributed by atoms with Gasteiger partial charge in [0.1, 0.15) is 0 Å². The van der Waals surface area contributed by atoms with Crippen LogP contribution in [-0.2, 0) is 9.59 Å². The fraction of sp³-hybridized carbons (Fsp3) is 0.895. The molecule has 0 saturated carbocycles. The standard InChI is InChI=1S/C19H34N4O2/c1-14(2)23-7-6-20-17(25)15(23)8-16(24)22-12-18(3)9-19(4,13-22)11-21(5)10-18/h14-15H,6-13H2,1-5H3,(H,20,25)/t15-,18-,19-/m1/s1. The van der Waals surface area contributed by atoms with Gasteiger partial charge >= 0.3 is 0 Å². The van der Waals surface area contributed by atoms with E-state index in [0.29, 0.717) is 13.0 Å². The highest BCUT2D eigenvalue weighted by Crippen LogP contribution is 2.45. The summed E-state index contributed by atoms with van der Waals surface area (Å²) in [4.78, 5) is 32.1. The van der Waals surface area contributed by atoms with Gasteiger partial charge in [-0.25, -0.2) is 0 Å². The van der Waals surface area contributed by atoms with Gasteiger partial charge in [-0.2, -0.15) is 0 Å². The Balaban J connectivity index is 1.72. The smallest absolute Gasteiger partial charge is 0.237 e. The van der Waals surface area contributed by atoms with Crippen LogP contribution < -0.4 is 5.32 Å². The quantitative estimate of drug-likeness (QED) is 0.817. The second-order valence-corrected chi connectivity index (χ2v) is 9.56. The molecule has 3 atom stereocenters. The van der Waals surface area contributed by atoms with E-state index in [1.807, 2.05) is 4.90 Å². The van der Waals surface area contributed by atoms with Gasteiger partial charge in [0.05, 0.1) is 12.5 Å². The Kier molecular flexibility index (Phi) is 4.88. The van der Waals surface area contributed by atoms with Gasteiger partial charge < -0.3 is 15.1 Å². The average molecular weight is 351 g/mol. The number of carbonyl (C=O) groups excluding carboxylic acids is 2. The molecule has 6 nitrogen and oxygen atoms in total. The highest BCUT2D eigenvalue weighted by molar-refractivity contribution is 5.89. The molecule has 2 amide bonds. The van der Waals surface area contributed by atoms with Gasteiger partial charge in [0, 0.05) is 45.3 Å². The summed E-state index contributed by atoms with van der Waals surface area (Å²) in [7, 11) is 2.18. The molecule has 1 N–H and O–H groups in total. The summed E-state index contributed by atoms with van der Waals surface area (Å²) in [6, 6.07) is -0.0560. The molecule has 0 aromatic carbocycles. The van der Waals surface area contributed by atoms with Crippen LogP contribution in [0.4, 0.5) is 0 Å². The summed E-state index contributed by atoms with van der Waals surface area (Å²) in [5.74, 6) is 0.136. The highest BCUT2D eigenvalue weighted by atomic mass is 16.2. The van der Waals surface area contributed by atoms with E-state index in [9.17, 15) is 9.59 Å². The number of amides is 2. The molecule has 2 bridgehead atoms. The Morgan fingerprint density at radius 1 is 1.20 bits per heavy atom. The van der Waals surface area contributed by atoms with Gasteiger partial charge in [-0.1, -0.05) is 13.8 Å². The Labute approximate surface area is 151 Å². The number of nitrogens with one attached hydrogen (secondary N) is 1. The van der Waals surface area contributed by atoms with Crippen LogP contribution >= 0.6 is 0 Å². The normalized spacial score (nSPS) is 37.3. The zero-order valence-electron chi connectivity index (χ0n) is 16.5. The van der Waals surface area contributed by atoms with Crippen molar-refractivity contribution < 1.29 is 9.59 Å². The number of likely N-dealkylation sites (tertiary alicyclic amines) is 2. The molecular weight excluding hydrogens is 316 g/mol. The number of fused-ring (bicyclic) bond motifs is 2. The van der Waals surface area contributed by atoms with E-state index in [1.54, 1.807) is 0 Å². The molecule has 3 heterocycles. The van der Waals surface area contributed by atoms with Gasteiger partial charge in [0.15, 0.2) is 0 Å². The van der Waals surface area contributed by atoms with Crippen molar-refractivity contribution in [1.82, 2.24) is 20.0 Å². The molecule has 3 saturated heterocycles. The van der Waals surface area contributed by atoms with Crippen molar-refractivity contribution >= 4 is 11.8 Å². The molecular formula is C19H34N4O2. The first-order valence-corrected chi connectivity index (χ1v) is 9.61. The van der Waals surface area contributed by atoms with Crippen LogP contribution in [0.15, 0.2) is 0 Å². The molecule has 142 valence electrons. The first kappa shape index (κ1) is 18.6. The lowest BCUT2D eigenvalue weighted by atomic mass is 9.65. The highest BCUT2D eigenvalue weighted by Gasteiger charge is 2.49. The summed E-state index contributed by atoms with van der Waals surface area (Å²) in [6.07, 6.45) is 1.47. The summed E-state index contributed by atoms with van der Waals surface area (Å²) >= 11 is 0. The molecule has 0 unspecified atom stereocenters. The summed E-state index contributed by atoms with van der Waals surface area (Å²) < 4.78 is 0. The van der Waals surface area contributed by atoms with E-state index < -0.39 is 0 Å². The Morgan fingerprint density at radius 2 is 1.80 bits per heavy atom. The minimum atomic E-state index is -0.327. The lowest BCUT2D eigenvalue weighted by Crippen LogP contribution is -2.63. The van der Waals surface area contributed by atoms with Gasteiger partial charge in [-0.05, 0) is 38.1 Å². The molecule has 0 radical (unpaired) electrons. The van der Waals surface area contributed by atoms with Crippen LogP contribution in [0.3, 0.4) is 0 Å². The molecule has 0 spiro atoms. The van der Waals surface area contributed by atoms with Crippen molar-refractivity contribution in [1.29, 1.82) is 0 Å². The minimum Gasteiger partial charge on any atom is -0.353 e. The third-order valence-electron chi connectivity index (χ3n) is 6.06. The van der Waals surface area contributed by atoms with Crippen molar-refractivity contribution in [3.05, 3.63) is 0 Å². The van der Waals surface area contributed by atoms with E-state index in [1.165, 1.54) is 6.42 Å². The Hall–Kier alpha value is -1.14. The zero-order valence-corrected chi connectivity index (χ0v) is 16.5. The van der Waals surface area contributed by atoms with Crippen molar-refractivity contribution in [2.75, 3.05) is 46.3 Å². The zero-order chi connectivity index (χ0) is 18.4. The third-order valence-corrected chi connectivity index (χ3v) is 6.06. The molecule has 3 fully saturated rings. The molecule has 3 aliphatic heterocycles. The fourth-order valence-corrected chi connectivity index (χ4v) is 5.72. The van der Waals surface area contributed by atoms with Crippen molar-refractivity contribution in [2.24, 2.45) is 10.8 Å². The Bertz CT molecular complexity index is 532. The van der Waals surface area contributed by atoms with Crippen LogP contribution in [0.5, 0.6) is 0 Å². The molecule has 3 aliphatic rings. The molecule has 0 aliphatic carbocycles. The number of carbonyl (C=O) groups is 2. The summed E-state index contributed by atoms with van der Waals surface area (Å²) in [6.45, 7) is 14.0. The largest absolute Gasteiger partial charge is 0.353 e. The maximum atomic E-state index is 13.1. The molecule has 6 heteroatoms. The van der Waals surface area contributed by atoms with Gasteiger partial charge in [-0.3, -0.25) is 14.5 Å². The number of rotatable bonds is 3. The van der Waals surface area contributed by atoms with Crippen LogP contribution in [0.25, 0.3) is 0 Å². The van der Waals surface area contributed by atoms with Gasteiger partial charge in [0.2, 0.25) is 11.8 Å². The van der Waals surface area contributed by atoms with E-state index in [0.717, 1.165) is 32.7 Å². The monoisotopic (exact) mass is 350 g/mol. The lowest BCUT2D eigenvalue weighted by Gasteiger charge is -2.56. The minimum absolute atomic E-state index is 0.00246. The molecule has 3 rings (SSSR count). The predicted octanol–water partition coefficient (Wildman–Crippen LogP) is 0.776. The lowest BCUT2D eigenvalue weighted by molar-refractivity contribution is -0.148. The first-order valence-electron chi connectivity index (χ1n) is 9.61. The maximum absolute atomic E-state index is 13.1. The number of piperazine rings is 1. The van der Waals surface area contributed by atoms with Crippen LogP contribution in [0, 0.1) is 10.8 Å². The molecule has 0 aromatic heterocycles. The fourth-order valence-electron chi connectivity index (χ4n) is 5.72. The van der Waals surface area contributed by atoms with E-state index in [4.69, 9.17) is 0 Å². The Morgan fingerprint density at radius 3 is 2.36 bits per heavy atom. The van der Waals surface area contributed by atoms with Crippen LogP contribution in [-0.4, -0.2) is 84.9 Å². The summed E-state index contributed by atoms with van der Waals surface area (Å²) in [5, 5.41) is 2.93. The molecule has 0 aromatic rings. The molecule has 25 heavy (non-hydrogen) atoms. The van der Waals surface area contributed by atoms with Crippen molar-refractivity contribution in [3.63, 3.8) is 0 Å². The van der Waals surface area contributed by atoms with E-state index in [2.05, 4.69) is 49.9 Å². The first-order chi connectivity index (χ1) is 11.6. The van der Waals surface area contributed by atoms with Gasteiger partial charge in [-0.15, -0.1) is 0 Å². The van der Waals surface area contributed by atoms with Crippen molar-refractivity contribution in [2.45, 2.75) is 52.6 Å². The van der Waals surface area contributed by atoms with E-state index in [-0.39, 0.29) is 34.7 Å². The predicted molar refractivity (Wildman–Crippen MR) is 98.2 cm³/mol. The van der Waals surface area contributed by atoms with Crippen LogP contribution in [0.1, 0.15) is 40.5 Å². The van der Waals surface area contributed by atoms with E-state index >= 15 is 0 Å². The SMILES string of the molecule is CC(C)N1CCNC(=O)[C@H]1CC(=O)N1C[C@@]2(C)CN(C)C[C@](C)(C1)C2. The third kappa shape index (κ3) is 3.85. The number of hydrogen-bond acceptors (Lipinski definition) is 4. The topological polar surface area (TPSA) is 55.9 Å². The van der Waals surface area contributed by atoms with Crippen LogP contribution in [0.2, 0.25) is 0 Å². The summed E-state index contributed by atoms with van der Waals surface area (Å²) in [5.41, 5.74) is 0.310. The number of hydrogen-bond donors (Lipinski definition) is 1. The van der Waals surface area contributed by atoms with Gasteiger partial charge in [0.25, 0.3) is 0 Å². The maximum Gasteiger partial charge on any atom is 0.237 e. The number of piperidine rings is 2.